The van der Waals surface area contributed by atoms with Gasteiger partial charge in [-0.05, 0) is 50.9 Å². The van der Waals surface area contributed by atoms with Gasteiger partial charge in [-0.2, -0.15) is 0 Å². The molecule has 0 spiro atoms. The molecule has 1 amide bonds. The fourth-order valence-electron chi connectivity index (χ4n) is 3.63. The number of nitrogens with one attached hydrogen (secondary N) is 1. The molecule has 0 saturated carbocycles. The Morgan fingerprint density at radius 2 is 2.24 bits per heavy atom. The normalized spacial score (nSPS) is 28.0. The lowest BCUT2D eigenvalue weighted by Gasteiger charge is -2.44. The van der Waals surface area contributed by atoms with Crippen LogP contribution in [0.4, 0.5) is 0 Å². The molecule has 0 radical (unpaired) electrons. The van der Waals surface area contributed by atoms with E-state index in [1.54, 1.807) is 6.26 Å². The molecule has 5 rings (SSSR count). The number of nitrogens with zero attached hydrogens (tertiary/aromatic N) is 2. The minimum absolute atomic E-state index is 0.0695. The van der Waals surface area contributed by atoms with Crippen molar-refractivity contribution in [2.45, 2.75) is 25.8 Å². The summed E-state index contributed by atoms with van der Waals surface area (Å²) in [4.78, 5) is 19.3. The Bertz CT molecular complexity index is 686. The van der Waals surface area contributed by atoms with E-state index < -0.39 is 0 Å². The zero-order valence-corrected chi connectivity index (χ0v) is 12.1. The van der Waals surface area contributed by atoms with Crippen molar-refractivity contribution in [2.75, 3.05) is 19.6 Å². The first-order valence-electron chi connectivity index (χ1n) is 7.59. The van der Waals surface area contributed by atoms with Crippen molar-refractivity contribution in [1.82, 2.24) is 15.2 Å². The molecular formula is C16H19N3O2. The van der Waals surface area contributed by atoms with Crippen LogP contribution in [0.2, 0.25) is 0 Å². The van der Waals surface area contributed by atoms with Gasteiger partial charge in [-0.1, -0.05) is 0 Å². The Hall–Kier alpha value is -1.88. The van der Waals surface area contributed by atoms with E-state index >= 15 is 0 Å². The number of furan rings is 1. The van der Waals surface area contributed by atoms with E-state index in [4.69, 9.17) is 4.42 Å². The van der Waals surface area contributed by atoms with Gasteiger partial charge in [-0.3, -0.25) is 4.79 Å². The minimum atomic E-state index is -0.0695. The van der Waals surface area contributed by atoms with E-state index in [-0.39, 0.29) is 11.9 Å². The van der Waals surface area contributed by atoms with E-state index in [1.165, 1.54) is 25.9 Å². The molecule has 5 heteroatoms. The Balaban J connectivity index is 1.56. The molecule has 21 heavy (non-hydrogen) atoms. The smallest absolute Gasteiger partial charge is 0.270 e. The molecule has 5 heterocycles. The number of carbonyl (C=O) groups is 1. The number of rotatable bonds is 2. The fraction of sp³-hybridized carbons (Fsp3) is 0.500. The molecular weight excluding hydrogens is 266 g/mol. The molecule has 1 N–H and O–H groups in total. The van der Waals surface area contributed by atoms with Gasteiger partial charge in [0.2, 0.25) is 0 Å². The number of aromatic nitrogens is 1. The SMILES string of the molecule is Cc1nc(C(=O)N[C@H]2CN3CCC2CC3)cc2ccoc12. The molecule has 0 aliphatic carbocycles. The van der Waals surface area contributed by atoms with Crippen LogP contribution in [0.3, 0.4) is 0 Å². The third-order valence-corrected chi connectivity index (χ3v) is 4.81. The van der Waals surface area contributed by atoms with Crippen LogP contribution in [-0.2, 0) is 0 Å². The zero-order valence-electron chi connectivity index (χ0n) is 12.1. The third kappa shape index (κ3) is 2.21. The van der Waals surface area contributed by atoms with Crippen LogP contribution in [-0.4, -0.2) is 41.5 Å². The zero-order chi connectivity index (χ0) is 14.4. The summed E-state index contributed by atoms with van der Waals surface area (Å²) in [6, 6.07) is 3.94. The molecule has 2 bridgehead atoms. The number of fused-ring (bicyclic) bond motifs is 4. The van der Waals surface area contributed by atoms with Crippen molar-refractivity contribution in [2.24, 2.45) is 5.92 Å². The maximum atomic E-state index is 12.5. The van der Waals surface area contributed by atoms with E-state index in [9.17, 15) is 4.79 Å². The maximum Gasteiger partial charge on any atom is 0.270 e. The van der Waals surface area contributed by atoms with Crippen LogP contribution in [0, 0.1) is 12.8 Å². The Morgan fingerprint density at radius 3 is 2.95 bits per heavy atom. The monoisotopic (exact) mass is 285 g/mol. The molecule has 110 valence electrons. The highest BCUT2D eigenvalue weighted by Gasteiger charge is 2.35. The van der Waals surface area contributed by atoms with Gasteiger partial charge in [0.25, 0.3) is 5.91 Å². The minimum Gasteiger partial charge on any atom is -0.462 e. The summed E-state index contributed by atoms with van der Waals surface area (Å²) in [5.74, 6) is 0.553. The summed E-state index contributed by atoms with van der Waals surface area (Å²) in [5.41, 5.74) is 2.00. The van der Waals surface area contributed by atoms with E-state index in [0.29, 0.717) is 11.6 Å². The largest absolute Gasteiger partial charge is 0.462 e. The Morgan fingerprint density at radius 1 is 1.43 bits per heavy atom. The standard InChI is InChI=1S/C16H19N3O2/c1-10-15-12(4-7-21-15)8-13(17-10)16(20)18-14-9-19-5-2-11(14)3-6-19/h4,7-8,11,14H,2-3,5-6,9H2,1H3,(H,18,20)/t14-/m0/s1. The predicted octanol–water partition coefficient (Wildman–Crippen LogP) is 1.96. The highest BCUT2D eigenvalue weighted by molar-refractivity contribution is 5.96. The van der Waals surface area contributed by atoms with E-state index in [1.807, 2.05) is 19.1 Å². The summed E-state index contributed by atoms with van der Waals surface area (Å²) in [6.45, 7) is 5.20. The Labute approximate surface area is 123 Å². The number of hydrogen-bond donors (Lipinski definition) is 1. The number of aryl methyl sites for hydroxylation is 1. The van der Waals surface area contributed by atoms with Crippen molar-refractivity contribution in [1.29, 1.82) is 0 Å². The van der Waals surface area contributed by atoms with Crippen molar-refractivity contribution < 1.29 is 9.21 Å². The van der Waals surface area contributed by atoms with Crippen LogP contribution in [0.25, 0.3) is 11.0 Å². The van der Waals surface area contributed by atoms with E-state index in [0.717, 1.165) is 23.2 Å². The first kappa shape index (κ1) is 12.8. The second kappa shape index (κ2) is 4.84. The topological polar surface area (TPSA) is 58.4 Å². The fourth-order valence-corrected chi connectivity index (χ4v) is 3.63. The molecule has 2 aromatic heterocycles. The molecule has 1 atom stereocenters. The van der Waals surface area contributed by atoms with Gasteiger partial charge in [0, 0.05) is 18.0 Å². The molecule has 5 nitrogen and oxygen atoms in total. The molecule has 3 fully saturated rings. The van der Waals surface area contributed by atoms with Crippen LogP contribution in [0.15, 0.2) is 22.8 Å². The van der Waals surface area contributed by atoms with Gasteiger partial charge in [0.05, 0.1) is 12.0 Å². The number of amides is 1. The summed E-state index contributed by atoms with van der Waals surface area (Å²) in [5, 5.41) is 4.11. The predicted molar refractivity (Wildman–Crippen MR) is 79.2 cm³/mol. The summed E-state index contributed by atoms with van der Waals surface area (Å²) in [6.07, 6.45) is 4.02. The second-order valence-electron chi connectivity index (χ2n) is 6.15. The highest BCUT2D eigenvalue weighted by atomic mass is 16.3. The Kier molecular flexibility index (Phi) is 2.96. The second-order valence-corrected chi connectivity index (χ2v) is 6.15. The first-order chi connectivity index (χ1) is 10.2. The van der Waals surface area contributed by atoms with Crippen molar-refractivity contribution >= 4 is 16.9 Å². The van der Waals surface area contributed by atoms with Gasteiger partial charge in [-0.15, -0.1) is 0 Å². The van der Waals surface area contributed by atoms with Gasteiger partial charge in [0.1, 0.15) is 5.69 Å². The van der Waals surface area contributed by atoms with Gasteiger partial charge in [0.15, 0.2) is 5.58 Å². The van der Waals surface area contributed by atoms with Crippen LogP contribution >= 0.6 is 0 Å². The number of hydrogen-bond acceptors (Lipinski definition) is 4. The van der Waals surface area contributed by atoms with Crippen molar-refractivity contribution in [3.8, 4) is 0 Å². The highest BCUT2D eigenvalue weighted by Crippen LogP contribution is 2.27. The summed E-state index contributed by atoms with van der Waals surface area (Å²) >= 11 is 0. The average molecular weight is 285 g/mol. The lowest BCUT2D eigenvalue weighted by atomic mass is 9.84. The van der Waals surface area contributed by atoms with Gasteiger partial charge >= 0.3 is 0 Å². The van der Waals surface area contributed by atoms with Crippen LogP contribution in [0.1, 0.15) is 29.0 Å². The molecule has 2 aromatic rings. The van der Waals surface area contributed by atoms with Crippen LogP contribution in [0.5, 0.6) is 0 Å². The van der Waals surface area contributed by atoms with E-state index in [2.05, 4.69) is 15.2 Å². The van der Waals surface area contributed by atoms with Crippen molar-refractivity contribution in [3.05, 3.63) is 29.8 Å². The number of piperidine rings is 3. The van der Waals surface area contributed by atoms with Crippen molar-refractivity contribution in [3.63, 3.8) is 0 Å². The van der Waals surface area contributed by atoms with Crippen LogP contribution < -0.4 is 5.32 Å². The summed E-state index contributed by atoms with van der Waals surface area (Å²) in [7, 11) is 0. The number of carbonyl (C=O) groups excluding carboxylic acids is 1. The van der Waals surface area contributed by atoms with Gasteiger partial charge in [-0.25, -0.2) is 4.98 Å². The molecule has 0 unspecified atom stereocenters. The molecule has 3 saturated heterocycles. The average Bonchev–Trinajstić information content (AvgIpc) is 2.97. The third-order valence-electron chi connectivity index (χ3n) is 4.81. The quantitative estimate of drug-likeness (QED) is 0.916. The lowest BCUT2D eigenvalue weighted by molar-refractivity contribution is 0.0618. The number of pyridine rings is 1. The molecule has 3 aliphatic heterocycles. The lowest BCUT2D eigenvalue weighted by Crippen LogP contribution is -2.57. The maximum absolute atomic E-state index is 12.5. The molecule has 3 aliphatic rings. The first-order valence-corrected chi connectivity index (χ1v) is 7.59. The molecule has 0 aromatic carbocycles. The summed E-state index contributed by atoms with van der Waals surface area (Å²) < 4.78 is 5.37. The van der Waals surface area contributed by atoms with Gasteiger partial charge < -0.3 is 14.6 Å².